The Kier molecular flexibility index (Phi) is 19.0. The molecule has 0 aliphatic carbocycles. The number of unbranched alkanes of at least 4 members (excludes halogenated alkanes) is 5. The van der Waals surface area contributed by atoms with Gasteiger partial charge in [-0.25, -0.2) is 4.98 Å². The summed E-state index contributed by atoms with van der Waals surface area (Å²) in [4.78, 5) is 65.4. The highest BCUT2D eigenvalue weighted by Crippen LogP contribution is 2.32. The summed E-state index contributed by atoms with van der Waals surface area (Å²) < 4.78 is 6.01. The van der Waals surface area contributed by atoms with Gasteiger partial charge in [-0.3, -0.25) is 24.1 Å². The normalized spacial score (nSPS) is 17.0. The Bertz CT molecular complexity index is 2650. The molecular weight excluding hydrogens is 943 g/mol. The number of carbonyl (C=O) groups excluding carboxylic acids is 4. The van der Waals surface area contributed by atoms with E-state index in [1.165, 1.54) is 10.5 Å². The zero-order valence-corrected chi connectivity index (χ0v) is 43.8. The van der Waals surface area contributed by atoms with E-state index in [-0.39, 0.29) is 60.6 Å². The third-order valence-corrected chi connectivity index (χ3v) is 14.8. The standard InChI is InChI=1S/C56H73N9O7S/c1-37(41-21-23-42(24-22-41)51-38(2)58-36-73-51)59-54(70)46-32-43(66)35-65(46)55(71)52(56(3,4)5)60-49(68)19-10-8-6-7-9-11-20-50(69)64-28-26-63(27-29-64)34-40-16-14-15-39(31-40)25-30-72-48-33-45(61-62-53(48)57)44-17-12-13-18-47(44)67/h12-18,21-24,31,33,36-37,43,46,52,66-67H,6-11,19-20,25-30,32,34-35H2,1-5H3,(H2,57,62)(H,59,70)(H,60,68)/t37-,43+,46-,52+/m0/s1. The number of nitrogens with zero attached hydrogens (tertiary/aromatic N) is 6. The highest BCUT2D eigenvalue weighted by atomic mass is 32.1. The summed E-state index contributed by atoms with van der Waals surface area (Å²) in [7, 11) is 0. The van der Waals surface area contributed by atoms with Crippen LogP contribution in [0.25, 0.3) is 21.7 Å². The lowest BCUT2D eigenvalue weighted by Crippen LogP contribution is -2.57. The molecule has 2 aliphatic rings. The number of hydrogen-bond acceptors (Lipinski definition) is 13. The number of rotatable bonds is 22. The van der Waals surface area contributed by atoms with Crippen LogP contribution in [0.3, 0.4) is 0 Å². The number of benzene rings is 3. The Morgan fingerprint density at radius 2 is 1.56 bits per heavy atom. The number of β-amino-alcohol motifs (C(OH)–C–C–N with tert-alkyl or cyclic N) is 1. The minimum absolute atomic E-state index is 0.0186. The number of amides is 4. The molecule has 73 heavy (non-hydrogen) atoms. The number of nitrogens with two attached hydrogens (primary N) is 1. The van der Waals surface area contributed by atoms with Crippen molar-refractivity contribution in [3.05, 3.63) is 107 Å². The molecule has 7 rings (SSSR count). The molecule has 4 amide bonds. The quantitative estimate of drug-likeness (QED) is 0.0424. The van der Waals surface area contributed by atoms with Gasteiger partial charge in [-0.05, 0) is 66.5 Å². The zero-order valence-electron chi connectivity index (χ0n) is 43.0. The van der Waals surface area contributed by atoms with E-state index in [0.717, 1.165) is 79.0 Å². The third kappa shape index (κ3) is 15.1. The lowest BCUT2D eigenvalue weighted by atomic mass is 9.85. The van der Waals surface area contributed by atoms with E-state index in [1.807, 2.05) is 75.4 Å². The highest BCUT2D eigenvalue weighted by Gasteiger charge is 2.44. The number of piperazine rings is 1. The van der Waals surface area contributed by atoms with Gasteiger partial charge in [0.25, 0.3) is 0 Å². The van der Waals surface area contributed by atoms with Crippen LogP contribution < -0.4 is 21.1 Å². The number of aryl methyl sites for hydroxylation is 1. The number of nitrogen functional groups attached to an aromatic ring is 1. The zero-order chi connectivity index (χ0) is 52.1. The van der Waals surface area contributed by atoms with Gasteiger partial charge in [0.2, 0.25) is 23.6 Å². The molecule has 2 aliphatic heterocycles. The molecule has 2 saturated heterocycles. The van der Waals surface area contributed by atoms with Gasteiger partial charge >= 0.3 is 0 Å². The van der Waals surface area contributed by atoms with Crippen LogP contribution in [-0.2, 0) is 32.1 Å². The number of nitrogens with one attached hydrogen (secondary N) is 2. The van der Waals surface area contributed by atoms with E-state index in [9.17, 15) is 29.4 Å². The number of ether oxygens (including phenoxy) is 1. The third-order valence-electron chi connectivity index (χ3n) is 13.8. The number of thiazole rings is 1. The summed E-state index contributed by atoms with van der Waals surface area (Å²) in [6, 6.07) is 23.0. The minimum atomic E-state index is -0.872. The van der Waals surface area contributed by atoms with Crippen molar-refractivity contribution in [2.24, 2.45) is 5.41 Å². The maximum absolute atomic E-state index is 14.1. The van der Waals surface area contributed by atoms with Crippen LogP contribution in [0.4, 0.5) is 5.82 Å². The molecule has 3 aromatic carbocycles. The fourth-order valence-electron chi connectivity index (χ4n) is 9.57. The first kappa shape index (κ1) is 54.3. The molecule has 4 atom stereocenters. The number of para-hydroxylation sites is 1. The Morgan fingerprint density at radius 3 is 2.26 bits per heavy atom. The van der Waals surface area contributed by atoms with Crippen LogP contribution in [0, 0.1) is 12.3 Å². The molecule has 4 heterocycles. The fraction of sp³-hybridized carbons (Fsp3) is 0.482. The van der Waals surface area contributed by atoms with Gasteiger partial charge in [0.15, 0.2) is 11.6 Å². The molecule has 17 heteroatoms. The van der Waals surface area contributed by atoms with Crippen molar-refractivity contribution in [3.8, 4) is 33.2 Å². The predicted octanol–water partition coefficient (Wildman–Crippen LogP) is 7.62. The minimum Gasteiger partial charge on any atom is -0.507 e. The molecule has 6 N–H and O–H groups in total. The Hall–Kier alpha value is -6.43. The number of aromatic hydroxyl groups is 1. The van der Waals surface area contributed by atoms with Crippen molar-refractivity contribution in [1.29, 1.82) is 0 Å². The molecule has 0 spiro atoms. The van der Waals surface area contributed by atoms with Gasteiger partial charge in [0.05, 0.1) is 34.8 Å². The largest absolute Gasteiger partial charge is 0.507 e. The predicted molar refractivity (Wildman–Crippen MR) is 284 cm³/mol. The molecular formula is C56H73N9O7S. The molecule has 390 valence electrons. The summed E-state index contributed by atoms with van der Waals surface area (Å²) in [6.45, 7) is 13.8. The molecule has 0 unspecified atom stereocenters. The lowest BCUT2D eigenvalue weighted by molar-refractivity contribution is -0.144. The first-order valence-corrected chi connectivity index (χ1v) is 26.6. The SMILES string of the molecule is Cc1ncsc1-c1ccc([C@H](C)NC(=O)[C@@H]2C[C@@H](O)CN2C(=O)[C@@H](NC(=O)CCCCCCCCC(=O)N2CCN(Cc3cccc(CCOc4cc(-c5ccccc5O)nnc4N)c3)CC2)C(C)(C)C)cc1. The van der Waals surface area contributed by atoms with Gasteiger partial charge in [-0.15, -0.1) is 21.5 Å². The van der Waals surface area contributed by atoms with Crippen LogP contribution in [-0.4, -0.2) is 121 Å². The second kappa shape index (κ2) is 25.5. The number of aliphatic hydroxyl groups is 1. The van der Waals surface area contributed by atoms with Crippen molar-refractivity contribution in [2.45, 2.75) is 130 Å². The van der Waals surface area contributed by atoms with E-state index in [2.05, 4.69) is 55.0 Å². The number of hydrogen-bond donors (Lipinski definition) is 5. The second-order valence-electron chi connectivity index (χ2n) is 20.6. The van der Waals surface area contributed by atoms with Crippen LogP contribution >= 0.6 is 11.3 Å². The Morgan fingerprint density at radius 1 is 0.863 bits per heavy atom. The Labute approximate surface area is 433 Å². The molecule has 0 bridgehead atoms. The van der Waals surface area contributed by atoms with Gasteiger partial charge < -0.3 is 41.1 Å². The Balaban J connectivity index is 0.756. The molecule has 0 saturated carbocycles. The van der Waals surface area contributed by atoms with Gasteiger partial charge in [-0.2, -0.15) is 0 Å². The van der Waals surface area contributed by atoms with E-state index in [4.69, 9.17) is 10.5 Å². The van der Waals surface area contributed by atoms with Crippen LogP contribution in [0.15, 0.2) is 84.4 Å². The number of carbonyl (C=O) groups is 4. The summed E-state index contributed by atoms with van der Waals surface area (Å²) in [6.07, 6.45) is 6.00. The summed E-state index contributed by atoms with van der Waals surface area (Å²) in [5, 5.41) is 35.1. The first-order chi connectivity index (χ1) is 35.0. The average Bonchev–Trinajstić information content (AvgIpc) is 3.99. The molecule has 2 fully saturated rings. The number of anilines is 1. The summed E-state index contributed by atoms with van der Waals surface area (Å²) in [5.41, 5.74) is 13.6. The monoisotopic (exact) mass is 1020 g/mol. The van der Waals surface area contributed by atoms with Crippen LogP contribution in [0.2, 0.25) is 0 Å². The molecule has 5 aromatic rings. The van der Waals surface area contributed by atoms with Crippen molar-refractivity contribution in [2.75, 3.05) is 45.1 Å². The van der Waals surface area contributed by atoms with Gasteiger partial charge in [-0.1, -0.05) is 107 Å². The van der Waals surface area contributed by atoms with Gasteiger partial charge in [0.1, 0.15) is 23.5 Å². The van der Waals surface area contributed by atoms with Gasteiger partial charge in [0, 0.05) is 76.6 Å². The number of aromatic nitrogens is 3. The summed E-state index contributed by atoms with van der Waals surface area (Å²) in [5.74, 6) is -0.0136. The van der Waals surface area contributed by atoms with Crippen molar-refractivity contribution >= 4 is 40.8 Å². The lowest BCUT2D eigenvalue weighted by Gasteiger charge is -2.35. The molecule has 16 nitrogen and oxygen atoms in total. The molecule has 0 radical (unpaired) electrons. The summed E-state index contributed by atoms with van der Waals surface area (Å²) >= 11 is 1.58. The topological polar surface area (TPSA) is 216 Å². The second-order valence-corrected chi connectivity index (χ2v) is 21.4. The first-order valence-electron chi connectivity index (χ1n) is 25.7. The number of likely N-dealkylation sites (tertiary alicyclic amines) is 1. The van der Waals surface area contributed by atoms with E-state index in [1.54, 1.807) is 35.6 Å². The average molecular weight is 1020 g/mol. The van der Waals surface area contributed by atoms with Crippen LogP contribution in [0.5, 0.6) is 11.5 Å². The number of phenols is 1. The smallest absolute Gasteiger partial charge is 0.246 e. The fourth-order valence-corrected chi connectivity index (χ4v) is 10.4. The van der Waals surface area contributed by atoms with Crippen LogP contribution in [0.1, 0.15) is 114 Å². The number of aliphatic hydroxyl groups excluding tert-OH is 1. The maximum Gasteiger partial charge on any atom is 0.246 e. The van der Waals surface area contributed by atoms with E-state index < -0.39 is 23.6 Å². The maximum atomic E-state index is 14.1. The van der Waals surface area contributed by atoms with E-state index in [0.29, 0.717) is 56.0 Å². The number of phenolic OH excluding ortho intramolecular Hbond substituents is 1. The molecule has 2 aromatic heterocycles. The van der Waals surface area contributed by atoms with Crippen molar-refractivity contribution < 1.29 is 34.1 Å². The van der Waals surface area contributed by atoms with E-state index >= 15 is 0 Å². The van der Waals surface area contributed by atoms with Crippen molar-refractivity contribution in [3.63, 3.8) is 0 Å². The van der Waals surface area contributed by atoms with Crippen molar-refractivity contribution in [1.82, 2.24) is 40.5 Å². The highest BCUT2D eigenvalue weighted by molar-refractivity contribution is 7.13.